The summed E-state index contributed by atoms with van der Waals surface area (Å²) in [6.45, 7) is 6.68. The van der Waals surface area contributed by atoms with Crippen LogP contribution in [0.15, 0.2) is 12.2 Å². The first-order valence-electron chi connectivity index (χ1n) is 30.2. The van der Waals surface area contributed by atoms with E-state index in [1.807, 2.05) is 0 Å². The van der Waals surface area contributed by atoms with Crippen LogP contribution in [-0.4, -0.2) is 37.2 Å². The molecule has 0 saturated carbocycles. The van der Waals surface area contributed by atoms with Gasteiger partial charge in [0.1, 0.15) is 13.2 Å². The van der Waals surface area contributed by atoms with Gasteiger partial charge in [-0.25, -0.2) is 0 Å². The first-order chi connectivity index (χ1) is 33.0. The number of carbonyl (C=O) groups is 3. The Morgan fingerprint density at radius 3 is 0.746 bits per heavy atom. The number of hydrogen-bond acceptors (Lipinski definition) is 6. The predicted molar refractivity (Wildman–Crippen MR) is 289 cm³/mol. The molecule has 0 aromatic rings. The van der Waals surface area contributed by atoms with Crippen LogP contribution in [0, 0.1) is 0 Å². The number of allylic oxidation sites excluding steroid dienone is 2. The monoisotopic (exact) mass is 945 g/mol. The standard InChI is InChI=1S/C61H116O6/c1-4-7-10-13-16-19-22-24-26-28-29-30-31-32-33-34-36-37-39-42-45-48-51-54-60(63)66-57-58(56-65-59(62)53-50-47-44-41-21-18-15-12-9-6-3)67-61(64)55-52-49-46-43-40-38-35-27-25-23-20-17-14-11-8-5-2/h27,35,58H,4-26,28-34,36-57H2,1-3H3/b35-27-. The maximum Gasteiger partial charge on any atom is 0.306 e. The van der Waals surface area contributed by atoms with E-state index >= 15 is 0 Å². The van der Waals surface area contributed by atoms with Gasteiger partial charge < -0.3 is 14.2 Å². The lowest BCUT2D eigenvalue weighted by atomic mass is 10.0. The van der Waals surface area contributed by atoms with Crippen LogP contribution in [0.2, 0.25) is 0 Å². The molecular weight excluding hydrogens is 829 g/mol. The zero-order valence-electron chi connectivity index (χ0n) is 45.5. The number of hydrogen-bond donors (Lipinski definition) is 0. The summed E-state index contributed by atoms with van der Waals surface area (Å²) < 4.78 is 16.9. The second-order valence-electron chi connectivity index (χ2n) is 20.6. The largest absolute Gasteiger partial charge is 0.462 e. The van der Waals surface area contributed by atoms with Crippen molar-refractivity contribution in [3.05, 3.63) is 12.2 Å². The highest BCUT2D eigenvalue weighted by molar-refractivity contribution is 5.71. The molecule has 0 amide bonds. The molecule has 0 radical (unpaired) electrons. The molecule has 1 atom stereocenters. The molecule has 1 unspecified atom stereocenters. The molecule has 0 saturated heterocycles. The Morgan fingerprint density at radius 2 is 0.493 bits per heavy atom. The third-order valence-electron chi connectivity index (χ3n) is 13.8. The molecule has 0 fully saturated rings. The van der Waals surface area contributed by atoms with Gasteiger partial charge in [0.2, 0.25) is 0 Å². The highest BCUT2D eigenvalue weighted by Crippen LogP contribution is 2.18. The smallest absolute Gasteiger partial charge is 0.306 e. The van der Waals surface area contributed by atoms with E-state index in [9.17, 15) is 14.4 Å². The molecule has 6 nitrogen and oxygen atoms in total. The van der Waals surface area contributed by atoms with Crippen molar-refractivity contribution in [2.45, 2.75) is 348 Å². The van der Waals surface area contributed by atoms with Crippen LogP contribution in [0.5, 0.6) is 0 Å². The summed E-state index contributed by atoms with van der Waals surface area (Å²) in [6, 6.07) is 0. The lowest BCUT2D eigenvalue weighted by molar-refractivity contribution is -0.167. The van der Waals surface area contributed by atoms with Gasteiger partial charge in [-0.15, -0.1) is 0 Å². The molecule has 0 N–H and O–H groups in total. The molecular formula is C61H116O6. The fourth-order valence-electron chi connectivity index (χ4n) is 9.21. The van der Waals surface area contributed by atoms with E-state index < -0.39 is 6.10 Å². The van der Waals surface area contributed by atoms with Crippen LogP contribution < -0.4 is 0 Å². The first-order valence-corrected chi connectivity index (χ1v) is 30.2. The van der Waals surface area contributed by atoms with Gasteiger partial charge in [0.15, 0.2) is 6.10 Å². The highest BCUT2D eigenvalue weighted by Gasteiger charge is 2.19. The van der Waals surface area contributed by atoms with Gasteiger partial charge in [-0.05, 0) is 44.9 Å². The van der Waals surface area contributed by atoms with Crippen LogP contribution in [0.4, 0.5) is 0 Å². The zero-order chi connectivity index (χ0) is 48.6. The van der Waals surface area contributed by atoms with Gasteiger partial charge in [-0.2, -0.15) is 0 Å². The van der Waals surface area contributed by atoms with Crippen molar-refractivity contribution in [3.63, 3.8) is 0 Å². The second kappa shape index (κ2) is 56.7. The Morgan fingerprint density at radius 1 is 0.284 bits per heavy atom. The van der Waals surface area contributed by atoms with Crippen LogP contribution in [0.3, 0.4) is 0 Å². The van der Waals surface area contributed by atoms with Crippen LogP contribution in [-0.2, 0) is 28.6 Å². The van der Waals surface area contributed by atoms with E-state index in [0.717, 1.165) is 64.2 Å². The Labute approximate surface area is 418 Å². The molecule has 0 aliphatic rings. The quantitative estimate of drug-likeness (QED) is 0.0262. The Balaban J connectivity index is 4.19. The van der Waals surface area contributed by atoms with Crippen molar-refractivity contribution < 1.29 is 28.6 Å². The second-order valence-corrected chi connectivity index (χ2v) is 20.6. The van der Waals surface area contributed by atoms with Crippen molar-refractivity contribution >= 4 is 17.9 Å². The van der Waals surface area contributed by atoms with Gasteiger partial charge in [0.25, 0.3) is 0 Å². The summed E-state index contributed by atoms with van der Waals surface area (Å²) >= 11 is 0. The number of esters is 3. The van der Waals surface area contributed by atoms with Crippen LogP contribution in [0.1, 0.15) is 342 Å². The van der Waals surface area contributed by atoms with Crippen molar-refractivity contribution in [2.24, 2.45) is 0 Å². The van der Waals surface area contributed by atoms with Gasteiger partial charge in [0, 0.05) is 19.3 Å². The van der Waals surface area contributed by atoms with E-state index in [4.69, 9.17) is 14.2 Å². The molecule has 0 rings (SSSR count). The Kier molecular flexibility index (Phi) is 55.2. The molecule has 0 spiro atoms. The highest BCUT2D eigenvalue weighted by atomic mass is 16.6. The minimum atomic E-state index is -0.768. The topological polar surface area (TPSA) is 78.9 Å². The van der Waals surface area contributed by atoms with Crippen LogP contribution in [0.25, 0.3) is 0 Å². The maximum atomic E-state index is 12.8. The van der Waals surface area contributed by atoms with Gasteiger partial charge in [-0.3, -0.25) is 14.4 Å². The minimum absolute atomic E-state index is 0.0675. The van der Waals surface area contributed by atoms with E-state index in [0.29, 0.717) is 19.3 Å². The van der Waals surface area contributed by atoms with Crippen molar-refractivity contribution in [2.75, 3.05) is 13.2 Å². The predicted octanol–water partition coefficient (Wildman–Crippen LogP) is 20.1. The van der Waals surface area contributed by atoms with Gasteiger partial charge in [0.05, 0.1) is 0 Å². The number of ether oxygens (including phenoxy) is 3. The molecule has 0 aliphatic carbocycles. The molecule has 0 aromatic heterocycles. The van der Waals surface area contributed by atoms with Crippen molar-refractivity contribution in [1.82, 2.24) is 0 Å². The fraction of sp³-hybridized carbons (Fsp3) is 0.918. The number of carbonyl (C=O) groups excluding carboxylic acids is 3. The summed E-state index contributed by atoms with van der Waals surface area (Å²) in [5, 5.41) is 0. The van der Waals surface area contributed by atoms with Crippen LogP contribution >= 0.6 is 0 Å². The van der Waals surface area contributed by atoms with E-state index in [-0.39, 0.29) is 31.1 Å². The lowest BCUT2D eigenvalue weighted by Gasteiger charge is -2.18. The minimum Gasteiger partial charge on any atom is -0.462 e. The third-order valence-corrected chi connectivity index (χ3v) is 13.8. The van der Waals surface area contributed by atoms with E-state index in [2.05, 4.69) is 32.9 Å². The Hall–Kier alpha value is -1.85. The normalized spacial score (nSPS) is 12.0. The summed E-state index contributed by atoms with van der Waals surface area (Å²) in [5.41, 5.74) is 0. The zero-order valence-corrected chi connectivity index (χ0v) is 45.5. The van der Waals surface area contributed by atoms with E-state index in [1.54, 1.807) is 0 Å². The lowest BCUT2D eigenvalue weighted by Crippen LogP contribution is -2.30. The molecule has 6 heteroatoms. The average Bonchev–Trinajstić information content (AvgIpc) is 3.33. The van der Waals surface area contributed by atoms with E-state index in [1.165, 1.54) is 238 Å². The van der Waals surface area contributed by atoms with Gasteiger partial charge >= 0.3 is 17.9 Å². The maximum absolute atomic E-state index is 12.8. The summed E-state index contributed by atoms with van der Waals surface area (Å²) in [6.07, 6.45) is 65.1. The SMILES string of the molecule is CCCCCCCCC/C=C\CCCCCCCC(=O)OC(COC(=O)CCCCCCCCCCCC)COC(=O)CCCCCCCCCCCCCCCCCCCCCCCCC. The average molecular weight is 946 g/mol. The molecule has 67 heavy (non-hydrogen) atoms. The molecule has 0 aromatic carbocycles. The fourth-order valence-corrected chi connectivity index (χ4v) is 9.21. The Bertz CT molecular complexity index is 1040. The third kappa shape index (κ3) is 55.0. The molecule has 396 valence electrons. The summed E-state index contributed by atoms with van der Waals surface area (Å²) in [5.74, 6) is -0.853. The van der Waals surface area contributed by atoms with Crippen molar-refractivity contribution in [1.29, 1.82) is 0 Å². The molecule has 0 bridgehead atoms. The van der Waals surface area contributed by atoms with Crippen molar-refractivity contribution in [3.8, 4) is 0 Å². The summed E-state index contributed by atoms with van der Waals surface area (Å²) in [4.78, 5) is 38.1. The van der Waals surface area contributed by atoms with Gasteiger partial charge in [-0.1, -0.05) is 290 Å². The number of rotatable bonds is 56. The first kappa shape index (κ1) is 65.1. The number of unbranched alkanes of at least 4 members (excludes halogenated alkanes) is 43. The summed E-state index contributed by atoms with van der Waals surface area (Å²) in [7, 11) is 0. The molecule has 0 heterocycles. The molecule has 0 aliphatic heterocycles.